The SMILES string of the molecule is CCCc1cccc(C(N)C(CCC)OCC)c1. The second-order valence-electron chi connectivity index (χ2n) is 4.80. The summed E-state index contributed by atoms with van der Waals surface area (Å²) >= 11 is 0. The van der Waals surface area contributed by atoms with Crippen LogP contribution in [0.15, 0.2) is 24.3 Å². The van der Waals surface area contributed by atoms with Crippen LogP contribution in [0.5, 0.6) is 0 Å². The molecule has 102 valence electrons. The molecule has 2 N–H and O–H groups in total. The van der Waals surface area contributed by atoms with Crippen molar-refractivity contribution in [1.29, 1.82) is 0 Å². The molecule has 0 aliphatic carbocycles. The Hall–Kier alpha value is -0.860. The summed E-state index contributed by atoms with van der Waals surface area (Å²) in [6.07, 6.45) is 4.55. The average Bonchev–Trinajstić information content (AvgIpc) is 2.38. The van der Waals surface area contributed by atoms with Gasteiger partial charge in [-0.15, -0.1) is 0 Å². The lowest BCUT2D eigenvalue weighted by Gasteiger charge is -2.24. The van der Waals surface area contributed by atoms with Crippen LogP contribution in [0.25, 0.3) is 0 Å². The van der Waals surface area contributed by atoms with Gasteiger partial charge in [-0.2, -0.15) is 0 Å². The molecule has 1 aromatic carbocycles. The molecular weight excluding hydrogens is 222 g/mol. The fraction of sp³-hybridized carbons (Fsp3) is 0.625. The summed E-state index contributed by atoms with van der Waals surface area (Å²) in [7, 11) is 0. The molecule has 2 unspecified atom stereocenters. The van der Waals surface area contributed by atoms with E-state index in [1.54, 1.807) is 0 Å². The van der Waals surface area contributed by atoms with Crippen molar-refractivity contribution in [3.05, 3.63) is 35.4 Å². The zero-order valence-electron chi connectivity index (χ0n) is 12.0. The summed E-state index contributed by atoms with van der Waals surface area (Å²) in [6.45, 7) is 7.13. The van der Waals surface area contributed by atoms with Crippen molar-refractivity contribution in [2.45, 2.75) is 58.6 Å². The molecule has 0 saturated heterocycles. The first-order valence-corrected chi connectivity index (χ1v) is 7.18. The van der Waals surface area contributed by atoms with E-state index in [4.69, 9.17) is 10.5 Å². The number of rotatable bonds is 8. The van der Waals surface area contributed by atoms with Crippen molar-refractivity contribution in [2.75, 3.05) is 6.61 Å². The van der Waals surface area contributed by atoms with Crippen molar-refractivity contribution in [3.8, 4) is 0 Å². The van der Waals surface area contributed by atoms with Crippen LogP contribution in [-0.4, -0.2) is 12.7 Å². The van der Waals surface area contributed by atoms with Gasteiger partial charge in [-0.1, -0.05) is 51.0 Å². The lowest BCUT2D eigenvalue weighted by atomic mass is 9.96. The highest BCUT2D eigenvalue weighted by molar-refractivity contribution is 5.26. The quantitative estimate of drug-likeness (QED) is 0.759. The van der Waals surface area contributed by atoms with E-state index in [1.165, 1.54) is 17.5 Å². The Labute approximate surface area is 112 Å². The van der Waals surface area contributed by atoms with E-state index in [0.29, 0.717) is 0 Å². The van der Waals surface area contributed by atoms with Gasteiger partial charge in [0.25, 0.3) is 0 Å². The summed E-state index contributed by atoms with van der Waals surface area (Å²) in [4.78, 5) is 0. The molecule has 0 spiro atoms. The summed E-state index contributed by atoms with van der Waals surface area (Å²) in [5.74, 6) is 0. The third-order valence-electron chi connectivity index (χ3n) is 3.23. The Morgan fingerprint density at radius 3 is 2.56 bits per heavy atom. The molecule has 0 fully saturated rings. The number of nitrogens with two attached hydrogens (primary N) is 1. The molecule has 0 bridgehead atoms. The predicted octanol–water partition coefficient (Wildman–Crippen LogP) is 3.84. The zero-order valence-corrected chi connectivity index (χ0v) is 12.0. The minimum atomic E-state index is -0.0123. The smallest absolute Gasteiger partial charge is 0.0767 e. The molecule has 0 radical (unpaired) electrons. The molecule has 1 rings (SSSR count). The highest BCUT2D eigenvalue weighted by Crippen LogP contribution is 2.21. The van der Waals surface area contributed by atoms with Crippen LogP contribution in [0.4, 0.5) is 0 Å². The van der Waals surface area contributed by atoms with Crippen molar-refractivity contribution in [2.24, 2.45) is 5.73 Å². The first-order chi connectivity index (χ1) is 8.72. The number of hydrogen-bond donors (Lipinski definition) is 1. The first-order valence-electron chi connectivity index (χ1n) is 7.18. The van der Waals surface area contributed by atoms with E-state index in [0.717, 1.165) is 25.9 Å². The van der Waals surface area contributed by atoms with Gasteiger partial charge in [0, 0.05) is 6.61 Å². The maximum absolute atomic E-state index is 6.35. The van der Waals surface area contributed by atoms with Gasteiger partial charge in [0.1, 0.15) is 0 Å². The molecule has 0 saturated carbocycles. The molecule has 1 aromatic rings. The van der Waals surface area contributed by atoms with Gasteiger partial charge >= 0.3 is 0 Å². The molecule has 18 heavy (non-hydrogen) atoms. The minimum Gasteiger partial charge on any atom is -0.377 e. The van der Waals surface area contributed by atoms with E-state index in [1.807, 2.05) is 6.92 Å². The summed E-state index contributed by atoms with van der Waals surface area (Å²) < 4.78 is 5.77. The monoisotopic (exact) mass is 249 g/mol. The summed E-state index contributed by atoms with van der Waals surface area (Å²) in [6, 6.07) is 8.62. The van der Waals surface area contributed by atoms with E-state index in [-0.39, 0.29) is 12.1 Å². The molecule has 0 amide bonds. The van der Waals surface area contributed by atoms with Gasteiger partial charge in [0.15, 0.2) is 0 Å². The predicted molar refractivity (Wildman–Crippen MR) is 77.7 cm³/mol. The zero-order chi connectivity index (χ0) is 13.4. The molecule has 0 aromatic heterocycles. The molecule has 0 heterocycles. The van der Waals surface area contributed by atoms with Gasteiger partial charge in [-0.25, -0.2) is 0 Å². The lowest BCUT2D eigenvalue weighted by Crippen LogP contribution is -2.29. The van der Waals surface area contributed by atoms with Crippen molar-refractivity contribution < 1.29 is 4.74 Å². The molecule has 2 atom stereocenters. The van der Waals surface area contributed by atoms with Gasteiger partial charge in [-0.05, 0) is 30.9 Å². The number of benzene rings is 1. The molecule has 0 aliphatic rings. The van der Waals surface area contributed by atoms with Crippen LogP contribution in [0.1, 0.15) is 57.2 Å². The van der Waals surface area contributed by atoms with Crippen LogP contribution in [-0.2, 0) is 11.2 Å². The van der Waals surface area contributed by atoms with E-state index >= 15 is 0 Å². The Morgan fingerprint density at radius 2 is 1.94 bits per heavy atom. The van der Waals surface area contributed by atoms with Crippen LogP contribution in [0.2, 0.25) is 0 Å². The van der Waals surface area contributed by atoms with Gasteiger partial charge < -0.3 is 10.5 Å². The number of ether oxygens (including phenoxy) is 1. The minimum absolute atomic E-state index is 0.0123. The third kappa shape index (κ3) is 4.43. The van der Waals surface area contributed by atoms with Gasteiger partial charge in [0.2, 0.25) is 0 Å². The standard InChI is InChI=1S/C16H27NO/c1-4-8-13-10-7-11-14(12-13)16(17)15(9-5-2)18-6-3/h7,10-12,15-16H,4-6,8-9,17H2,1-3H3. The molecule has 2 heteroatoms. The normalized spacial score (nSPS) is 14.4. The van der Waals surface area contributed by atoms with Crippen LogP contribution in [0, 0.1) is 0 Å². The van der Waals surface area contributed by atoms with E-state index in [9.17, 15) is 0 Å². The molecule has 2 nitrogen and oxygen atoms in total. The fourth-order valence-electron chi connectivity index (χ4n) is 2.32. The van der Waals surface area contributed by atoms with Crippen LogP contribution in [0.3, 0.4) is 0 Å². The fourth-order valence-corrected chi connectivity index (χ4v) is 2.32. The largest absolute Gasteiger partial charge is 0.377 e. The van der Waals surface area contributed by atoms with Gasteiger partial charge in [-0.3, -0.25) is 0 Å². The maximum atomic E-state index is 6.35. The summed E-state index contributed by atoms with van der Waals surface area (Å²) in [5.41, 5.74) is 8.93. The van der Waals surface area contributed by atoms with Crippen molar-refractivity contribution in [1.82, 2.24) is 0 Å². The Morgan fingerprint density at radius 1 is 1.17 bits per heavy atom. The van der Waals surface area contributed by atoms with E-state index < -0.39 is 0 Å². The second-order valence-corrected chi connectivity index (χ2v) is 4.80. The Kier molecular flexibility index (Phi) is 6.99. The topological polar surface area (TPSA) is 35.2 Å². The highest BCUT2D eigenvalue weighted by atomic mass is 16.5. The number of hydrogen-bond acceptors (Lipinski definition) is 2. The number of aryl methyl sites for hydroxylation is 1. The Balaban J connectivity index is 2.79. The highest BCUT2D eigenvalue weighted by Gasteiger charge is 2.19. The van der Waals surface area contributed by atoms with Crippen LogP contribution >= 0.6 is 0 Å². The van der Waals surface area contributed by atoms with Crippen molar-refractivity contribution >= 4 is 0 Å². The van der Waals surface area contributed by atoms with Crippen LogP contribution < -0.4 is 5.73 Å². The third-order valence-corrected chi connectivity index (χ3v) is 3.23. The maximum Gasteiger partial charge on any atom is 0.0767 e. The van der Waals surface area contributed by atoms with Crippen molar-refractivity contribution in [3.63, 3.8) is 0 Å². The first kappa shape index (κ1) is 15.2. The van der Waals surface area contributed by atoms with E-state index in [2.05, 4.69) is 38.1 Å². The Bertz CT molecular complexity index is 332. The lowest BCUT2D eigenvalue weighted by molar-refractivity contribution is 0.0374. The molecule has 0 aliphatic heterocycles. The second kappa shape index (κ2) is 8.28. The van der Waals surface area contributed by atoms with Gasteiger partial charge in [0.05, 0.1) is 12.1 Å². The summed E-state index contributed by atoms with van der Waals surface area (Å²) in [5, 5.41) is 0. The average molecular weight is 249 g/mol. The molecular formula is C16H27NO.